The number of aromatic amines is 1. The first kappa shape index (κ1) is 19.0. The van der Waals surface area contributed by atoms with E-state index >= 15 is 0 Å². The van der Waals surface area contributed by atoms with E-state index in [0.29, 0.717) is 27.8 Å². The van der Waals surface area contributed by atoms with Gasteiger partial charge in [-0.2, -0.15) is 15.2 Å². The van der Waals surface area contributed by atoms with Crippen molar-refractivity contribution in [2.75, 3.05) is 5.32 Å². The number of para-hydroxylation sites is 1. The molecule has 0 aliphatic rings. The number of rotatable bonds is 5. The Kier molecular flexibility index (Phi) is 4.98. The molecule has 0 atom stereocenters. The first-order chi connectivity index (χ1) is 13.9. The molecule has 0 radical (unpaired) electrons. The van der Waals surface area contributed by atoms with Crippen LogP contribution in [-0.4, -0.2) is 30.7 Å². The predicted octanol–water partition coefficient (Wildman–Crippen LogP) is 3.30. The van der Waals surface area contributed by atoms with E-state index in [1.54, 1.807) is 34.8 Å². The fourth-order valence-electron chi connectivity index (χ4n) is 3.04. The molecule has 3 heterocycles. The van der Waals surface area contributed by atoms with Gasteiger partial charge in [0.05, 0.1) is 11.4 Å². The van der Waals surface area contributed by atoms with Crippen LogP contribution in [0.2, 0.25) is 0 Å². The molecule has 4 rings (SSSR count). The highest BCUT2D eigenvalue weighted by atomic mass is 32.1. The number of carbonyl (C=O) groups is 1. The highest BCUT2D eigenvalue weighted by Gasteiger charge is 2.17. The maximum absolute atomic E-state index is 12.7. The van der Waals surface area contributed by atoms with Crippen molar-refractivity contribution in [3.05, 3.63) is 63.1 Å². The lowest BCUT2D eigenvalue weighted by molar-refractivity contribution is 0.102. The third kappa shape index (κ3) is 3.81. The van der Waals surface area contributed by atoms with E-state index in [9.17, 15) is 9.59 Å². The lowest BCUT2D eigenvalue weighted by Gasteiger charge is -2.09. The second-order valence-electron chi connectivity index (χ2n) is 7.21. The number of amides is 1. The van der Waals surface area contributed by atoms with Crippen molar-refractivity contribution in [3.8, 4) is 11.3 Å². The Balaban J connectivity index is 1.68. The molecule has 0 spiro atoms. The summed E-state index contributed by atoms with van der Waals surface area (Å²) in [7, 11) is 0. The minimum atomic E-state index is -0.437. The quantitative estimate of drug-likeness (QED) is 0.527. The van der Waals surface area contributed by atoms with Crippen molar-refractivity contribution >= 4 is 27.9 Å². The summed E-state index contributed by atoms with van der Waals surface area (Å²) < 4.78 is 1.63. The second-order valence-corrected chi connectivity index (χ2v) is 8.05. The van der Waals surface area contributed by atoms with Crippen LogP contribution in [-0.2, 0) is 6.42 Å². The zero-order valence-corrected chi connectivity index (χ0v) is 17.1. The molecule has 8 nitrogen and oxygen atoms in total. The molecule has 1 amide bonds. The number of hydrogen-bond acceptors (Lipinski definition) is 6. The zero-order chi connectivity index (χ0) is 20.5. The number of benzene rings is 1. The zero-order valence-electron chi connectivity index (χ0n) is 16.3. The lowest BCUT2D eigenvalue weighted by Crippen LogP contribution is -2.18. The van der Waals surface area contributed by atoms with Gasteiger partial charge in [-0.15, -0.1) is 11.3 Å². The molecule has 29 heavy (non-hydrogen) atoms. The average molecular weight is 408 g/mol. The van der Waals surface area contributed by atoms with Gasteiger partial charge in [0.25, 0.3) is 5.91 Å². The Morgan fingerprint density at radius 3 is 2.90 bits per heavy atom. The maximum Gasteiger partial charge on any atom is 0.300 e. The van der Waals surface area contributed by atoms with Crippen LogP contribution in [0.15, 0.2) is 40.5 Å². The van der Waals surface area contributed by atoms with Crippen LogP contribution in [0.1, 0.15) is 35.7 Å². The lowest BCUT2D eigenvalue weighted by atomic mass is 10.1. The molecule has 0 saturated heterocycles. The fraction of sp³-hybridized carbons (Fsp3) is 0.250. The molecule has 1 aromatic carbocycles. The van der Waals surface area contributed by atoms with Gasteiger partial charge in [0, 0.05) is 16.6 Å². The minimum Gasteiger partial charge on any atom is -0.320 e. The normalized spacial score (nSPS) is 11.3. The number of H-pyrrole nitrogens is 1. The van der Waals surface area contributed by atoms with Crippen molar-refractivity contribution in [3.63, 3.8) is 0 Å². The molecular formula is C20H20N6O2S. The number of fused-ring (bicyclic) bond motifs is 1. The highest BCUT2D eigenvalue weighted by Crippen LogP contribution is 2.25. The highest BCUT2D eigenvalue weighted by molar-refractivity contribution is 7.15. The minimum absolute atomic E-state index is 0.183. The smallest absolute Gasteiger partial charge is 0.300 e. The van der Waals surface area contributed by atoms with Crippen molar-refractivity contribution in [1.82, 2.24) is 24.8 Å². The van der Waals surface area contributed by atoms with Crippen LogP contribution in [0, 0.1) is 12.8 Å². The van der Waals surface area contributed by atoms with Gasteiger partial charge in [-0.1, -0.05) is 32.0 Å². The van der Waals surface area contributed by atoms with Gasteiger partial charge in [-0.3, -0.25) is 14.7 Å². The number of carbonyl (C=O) groups excluding carboxylic acids is 1. The molecule has 0 saturated carbocycles. The monoisotopic (exact) mass is 408 g/mol. The summed E-state index contributed by atoms with van der Waals surface area (Å²) in [5, 5.41) is 16.2. The number of aromatic nitrogens is 5. The number of nitrogens with one attached hydrogen (secondary N) is 2. The predicted molar refractivity (Wildman–Crippen MR) is 112 cm³/mol. The molecule has 0 aliphatic heterocycles. The summed E-state index contributed by atoms with van der Waals surface area (Å²) in [5.74, 6) is 0.0960. The summed E-state index contributed by atoms with van der Waals surface area (Å²) in [6.07, 6.45) is 0.809. The molecule has 9 heteroatoms. The van der Waals surface area contributed by atoms with E-state index in [4.69, 9.17) is 0 Å². The topological polar surface area (TPSA) is 105 Å². The second kappa shape index (κ2) is 7.59. The van der Waals surface area contributed by atoms with E-state index in [1.807, 2.05) is 12.3 Å². The number of aryl methyl sites for hydroxylation is 1. The first-order valence-corrected chi connectivity index (χ1v) is 10.1. The fourth-order valence-corrected chi connectivity index (χ4v) is 3.84. The van der Waals surface area contributed by atoms with Crippen molar-refractivity contribution in [2.24, 2.45) is 5.92 Å². The van der Waals surface area contributed by atoms with Crippen molar-refractivity contribution < 1.29 is 4.79 Å². The van der Waals surface area contributed by atoms with Crippen molar-refractivity contribution in [1.29, 1.82) is 0 Å². The van der Waals surface area contributed by atoms with Crippen LogP contribution in [0.25, 0.3) is 16.2 Å². The van der Waals surface area contributed by atoms with Crippen LogP contribution < -0.4 is 10.9 Å². The first-order valence-electron chi connectivity index (χ1n) is 9.22. The van der Waals surface area contributed by atoms with Gasteiger partial charge in [-0.05, 0) is 31.4 Å². The van der Waals surface area contributed by atoms with Crippen LogP contribution in [0.4, 0.5) is 5.69 Å². The maximum atomic E-state index is 12.7. The standard InChI is InChI=1S/C20H20N6O2S/c1-11(2)8-13-9-16(24-23-13)18(27)21-15-7-5-4-6-14(15)17-19(28)22-20-26(25-17)12(3)10-29-20/h4-7,9-11H,8H2,1-3H3,(H,21,27)(H,23,24). The van der Waals surface area contributed by atoms with Gasteiger partial charge in [-0.25, -0.2) is 4.52 Å². The summed E-state index contributed by atoms with van der Waals surface area (Å²) in [6.45, 7) is 6.09. The Hall–Kier alpha value is -3.33. The largest absolute Gasteiger partial charge is 0.320 e. The number of nitrogens with zero attached hydrogens (tertiary/aromatic N) is 4. The van der Waals surface area contributed by atoms with Crippen molar-refractivity contribution in [2.45, 2.75) is 27.2 Å². The average Bonchev–Trinajstić information content (AvgIpc) is 3.28. The molecule has 0 unspecified atom stereocenters. The summed E-state index contributed by atoms with van der Waals surface area (Å²) >= 11 is 1.36. The van der Waals surface area contributed by atoms with Gasteiger partial charge >= 0.3 is 5.56 Å². The van der Waals surface area contributed by atoms with E-state index in [2.05, 4.69) is 39.4 Å². The van der Waals surface area contributed by atoms with Gasteiger partial charge < -0.3 is 5.32 Å². The van der Waals surface area contributed by atoms with E-state index in [1.165, 1.54) is 11.3 Å². The molecule has 2 N–H and O–H groups in total. The third-order valence-electron chi connectivity index (χ3n) is 4.37. The van der Waals surface area contributed by atoms with Gasteiger partial charge in [0.15, 0.2) is 11.4 Å². The summed E-state index contributed by atoms with van der Waals surface area (Å²) in [5.41, 5.74) is 2.81. The molecule has 0 bridgehead atoms. The number of thiazole rings is 1. The molecule has 3 aromatic heterocycles. The van der Waals surface area contributed by atoms with Crippen LogP contribution in [0.5, 0.6) is 0 Å². The Labute approximate surface area is 170 Å². The SMILES string of the molecule is Cc1csc2nc(=O)c(-c3ccccc3NC(=O)c3cc(CC(C)C)[nH]n3)nn12. The number of anilines is 1. The third-order valence-corrected chi connectivity index (χ3v) is 5.31. The Morgan fingerprint density at radius 2 is 2.10 bits per heavy atom. The molecule has 148 valence electrons. The Morgan fingerprint density at radius 1 is 1.31 bits per heavy atom. The van der Waals surface area contributed by atoms with E-state index in [0.717, 1.165) is 17.8 Å². The van der Waals surface area contributed by atoms with E-state index < -0.39 is 5.56 Å². The molecule has 0 fully saturated rings. The Bertz CT molecular complexity index is 1250. The van der Waals surface area contributed by atoms with Crippen LogP contribution >= 0.6 is 11.3 Å². The molecular weight excluding hydrogens is 388 g/mol. The van der Waals surface area contributed by atoms with Crippen LogP contribution in [0.3, 0.4) is 0 Å². The van der Waals surface area contributed by atoms with E-state index in [-0.39, 0.29) is 11.6 Å². The number of hydrogen-bond donors (Lipinski definition) is 2. The van der Waals surface area contributed by atoms with Gasteiger partial charge in [0.1, 0.15) is 0 Å². The molecule has 4 aromatic rings. The molecule has 0 aliphatic carbocycles. The summed E-state index contributed by atoms with van der Waals surface area (Å²) in [4.78, 5) is 29.9. The summed E-state index contributed by atoms with van der Waals surface area (Å²) in [6, 6.07) is 8.78. The van der Waals surface area contributed by atoms with Gasteiger partial charge in [0.2, 0.25) is 4.96 Å².